The number of nitrogens with zero attached hydrogens (tertiary/aromatic N) is 2. The Balaban J connectivity index is 1.75. The van der Waals surface area contributed by atoms with Gasteiger partial charge in [0.15, 0.2) is 0 Å². The van der Waals surface area contributed by atoms with Gasteiger partial charge in [0.1, 0.15) is 23.9 Å². The van der Waals surface area contributed by atoms with E-state index in [9.17, 15) is 9.18 Å². The van der Waals surface area contributed by atoms with Crippen molar-refractivity contribution in [3.63, 3.8) is 0 Å². The molecule has 0 radical (unpaired) electrons. The number of nitrogens with one attached hydrogen (secondary N) is 1. The lowest BCUT2D eigenvalue weighted by atomic mass is 9.87. The number of aromatic nitrogens is 2. The number of fused-ring (bicyclic) bond motifs is 1. The molecule has 0 aliphatic carbocycles. The van der Waals surface area contributed by atoms with Crippen LogP contribution in [0.2, 0.25) is 0 Å². The summed E-state index contributed by atoms with van der Waals surface area (Å²) in [4.78, 5) is 12.1. The molecule has 5 nitrogen and oxygen atoms in total. The number of hydrogen-bond acceptors (Lipinski definition) is 3. The van der Waals surface area contributed by atoms with Crippen LogP contribution < -0.4 is 5.32 Å². The van der Waals surface area contributed by atoms with E-state index in [1.54, 1.807) is 35.3 Å². The third-order valence-electron chi connectivity index (χ3n) is 4.11. The second kappa shape index (κ2) is 5.90. The Kier molecular flexibility index (Phi) is 3.72. The molecule has 3 heterocycles. The van der Waals surface area contributed by atoms with Gasteiger partial charge in [-0.3, -0.25) is 4.79 Å². The second-order valence-corrected chi connectivity index (χ2v) is 6.57. The summed E-state index contributed by atoms with van der Waals surface area (Å²) in [6, 6.07) is 8.53. The van der Waals surface area contributed by atoms with Crippen LogP contribution in [0, 0.1) is 5.82 Å². The quantitative estimate of drug-likeness (QED) is 0.738. The minimum absolute atomic E-state index is 0.156. The minimum atomic E-state index is -0.354. The first-order valence-electron chi connectivity index (χ1n) is 7.44. The number of benzene rings is 1. The Labute approximate surface area is 145 Å². The number of rotatable bonds is 3. The van der Waals surface area contributed by atoms with E-state index in [4.69, 9.17) is 4.42 Å². The van der Waals surface area contributed by atoms with Crippen LogP contribution in [0.25, 0.3) is 0 Å². The SMILES string of the molecule is O=C1CC(c2ccc(Br)cc2F)c2cnn(Cc3ccco3)c2N1. The average Bonchev–Trinajstić information content (AvgIpc) is 3.18. The fraction of sp³-hybridized carbons (Fsp3) is 0.176. The first-order valence-corrected chi connectivity index (χ1v) is 8.24. The Morgan fingerprint density at radius 3 is 3.00 bits per heavy atom. The standard InChI is InChI=1S/C17H13BrFN3O2/c18-10-3-4-12(15(19)6-10)13-7-16(23)21-17-14(13)8-20-22(17)9-11-2-1-5-24-11/h1-6,8,13H,7,9H2,(H,21,23). The van der Waals surface area contributed by atoms with Gasteiger partial charge in [0.2, 0.25) is 5.91 Å². The number of halogens is 2. The Morgan fingerprint density at radius 1 is 1.38 bits per heavy atom. The van der Waals surface area contributed by atoms with Gasteiger partial charge in [-0.25, -0.2) is 9.07 Å². The molecule has 0 bridgehead atoms. The maximum absolute atomic E-state index is 14.4. The van der Waals surface area contributed by atoms with Crippen molar-refractivity contribution < 1.29 is 13.6 Å². The van der Waals surface area contributed by atoms with Gasteiger partial charge in [0, 0.05) is 22.4 Å². The number of carbonyl (C=O) groups excluding carboxylic acids is 1. The van der Waals surface area contributed by atoms with E-state index >= 15 is 0 Å². The van der Waals surface area contributed by atoms with E-state index in [0.29, 0.717) is 22.4 Å². The molecule has 24 heavy (non-hydrogen) atoms. The van der Waals surface area contributed by atoms with Crippen LogP contribution in [0.15, 0.2) is 51.7 Å². The molecule has 7 heteroatoms. The van der Waals surface area contributed by atoms with Gasteiger partial charge in [-0.1, -0.05) is 22.0 Å². The highest BCUT2D eigenvalue weighted by molar-refractivity contribution is 9.10. The molecular formula is C17H13BrFN3O2. The molecule has 1 amide bonds. The first kappa shape index (κ1) is 15.1. The highest BCUT2D eigenvalue weighted by atomic mass is 79.9. The van der Waals surface area contributed by atoms with Crippen molar-refractivity contribution in [2.45, 2.75) is 18.9 Å². The summed E-state index contributed by atoms with van der Waals surface area (Å²) in [6.45, 7) is 0.401. The fourth-order valence-electron chi connectivity index (χ4n) is 3.00. The first-order chi connectivity index (χ1) is 11.6. The van der Waals surface area contributed by atoms with Gasteiger partial charge in [-0.2, -0.15) is 5.10 Å². The van der Waals surface area contributed by atoms with Gasteiger partial charge < -0.3 is 9.73 Å². The van der Waals surface area contributed by atoms with E-state index < -0.39 is 0 Å². The zero-order valence-corrected chi connectivity index (χ0v) is 14.1. The molecule has 1 aliphatic heterocycles. The second-order valence-electron chi connectivity index (χ2n) is 5.66. The predicted octanol–water partition coefficient (Wildman–Crippen LogP) is 3.90. The van der Waals surface area contributed by atoms with Gasteiger partial charge in [0.25, 0.3) is 0 Å². The summed E-state index contributed by atoms with van der Waals surface area (Å²) in [5, 5.41) is 7.18. The van der Waals surface area contributed by atoms with Crippen LogP contribution in [-0.2, 0) is 11.3 Å². The molecule has 122 valence electrons. The number of carbonyl (C=O) groups is 1. The van der Waals surface area contributed by atoms with Crippen molar-refractivity contribution in [2.24, 2.45) is 0 Å². The third-order valence-corrected chi connectivity index (χ3v) is 4.61. The highest BCUT2D eigenvalue weighted by Gasteiger charge is 2.31. The molecule has 0 fully saturated rings. The minimum Gasteiger partial charge on any atom is -0.467 e. The van der Waals surface area contributed by atoms with Gasteiger partial charge in [-0.05, 0) is 29.8 Å². The van der Waals surface area contributed by atoms with Crippen molar-refractivity contribution >= 4 is 27.7 Å². The summed E-state index contributed by atoms with van der Waals surface area (Å²) < 4.78 is 22.0. The lowest BCUT2D eigenvalue weighted by molar-refractivity contribution is -0.116. The summed E-state index contributed by atoms with van der Waals surface area (Å²) in [5.41, 5.74) is 1.30. The number of hydrogen-bond donors (Lipinski definition) is 1. The molecule has 0 saturated carbocycles. The molecule has 4 rings (SSSR count). The van der Waals surface area contributed by atoms with Crippen LogP contribution in [0.4, 0.5) is 10.2 Å². The summed E-state index contributed by atoms with van der Waals surface area (Å²) in [7, 11) is 0. The van der Waals surface area contributed by atoms with E-state index in [0.717, 1.165) is 11.3 Å². The normalized spacial score (nSPS) is 16.8. The van der Waals surface area contributed by atoms with Crippen LogP contribution in [-0.4, -0.2) is 15.7 Å². The maximum Gasteiger partial charge on any atom is 0.226 e. The average molecular weight is 390 g/mol. The fourth-order valence-corrected chi connectivity index (χ4v) is 3.33. The monoisotopic (exact) mass is 389 g/mol. The van der Waals surface area contributed by atoms with Crippen LogP contribution in [0.5, 0.6) is 0 Å². The predicted molar refractivity (Wildman–Crippen MR) is 89.2 cm³/mol. The van der Waals surface area contributed by atoms with Crippen LogP contribution in [0.1, 0.15) is 29.2 Å². The summed E-state index contributed by atoms with van der Waals surface area (Å²) in [5.74, 6) is 0.471. The largest absolute Gasteiger partial charge is 0.467 e. The van der Waals surface area contributed by atoms with Crippen molar-refractivity contribution in [1.82, 2.24) is 9.78 Å². The highest BCUT2D eigenvalue weighted by Crippen LogP contribution is 2.38. The molecule has 1 atom stereocenters. The molecule has 1 unspecified atom stereocenters. The van der Waals surface area contributed by atoms with Crippen molar-refractivity contribution in [3.05, 3.63) is 70.0 Å². The summed E-state index contributed by atoms with van der Waals surface area (Å²) >= 11 is 3.26. The molecule has 1 aliphatic rings. The number of amides is 1. The smallest absolute Gasteiger partial charge is 0.226 e. The molecular weight excluding hydrogens is 377 g/mol. The van der Waals surface area contributed by atoms with Gasteiger partial charge in [-0.15, -0.1) is 0 Å². The molecule has 0 spiro atoms. The topological polar surface area (TPSA) is 60.1 Å². The lowest BCUT2D eigenvalue weighted by Gasteiger charge is -2.24. The zero-order chi connectivity index (χ0) is 16.7. The number of furan rings is 1. The van der Waals surface area contributed by atoms with Crippen molar-refractivity contribution in [2.75, 3.05) is 5.32 Å². The van der Waals surface area contributed by atoms with E-state index in [2.05, 4.69) is 26.3 Å². The lowest BCUT2D eigenvalue weighted by Crippen LogP contribution is -2.25. The van der Waals surface area contributed by atoms with E-state index in [1.807, 2.05) is 6.07 Å². The third kappa shape index (κ3) is 2.65. The molecule has 3 aromatic rings. The van der Waals surface area contributed by atoms with Gasteiger partial charge in [0.05, 0.1) is 12.5 Å². The maximum atomic E-state index is 14.4. The van der Waals surface area contributed by atoms with Crippen LogP contribution in [0.3, 0.4) is 0 Å². The molecule has 1 aromatic carbocycles. The van der Waals surface area contributed by atoms with Crippen molar-refractivity contribution in [3.8, 4) is 0 Å². The summed E-state index contributed by atoms with van der Waals surface area (Å²) in [6.07, 6.45) is 3.46. The van der Waals surface area contributed by atoms with Crippen LogP contribution >= 0.6 is 15.9 Å². The Bertz CT molecular complexity index is 905. The van der Waals surface area contributed by atoms with Crippen molar-refractivity contribution in [1.29, 1.82) is 0 Å². The zero-order valence-electron chi connectivity index (χ0n) is 12.5. The van der Waals surface area contributed by atoms with E-state index in [1.165, 1.54) is 6.07 Å². The van der Waals surface area contributed by atoms with E-state index in [-0.39, 0.29) is 24.1 Å². The molecule has 0 saturated heterocycles. The Hall–Kier alpha value is -2.41. The van der Waals surface area contributed by atoms with Gasteiger partial charge >= 0.3 is 0 Å². The molecule has 2 aromatic heterocycles. The number of anilines is 1. The molecule has 1 N–H and O–H groups in total. The Morgan fingerprint density at radius 2 is 2.25 bits per heavy atom.